The van der Waals surface area contributed by atoms with Crippen LogP contribution in [0.3, 0.4) is 0 Å². The quantitative estimate of drug-likeness (QED) is 0.510. The van der Waals surface area contributed by atoms with Crippen molar-refractivity contribution >= 4 is 23.2 Å². The summed E-state index contributed by atoms with van der Waals surface area (Å²) in [5.41, 5.74) is 8.87. The van der Waals surface area contributed by atoms with E-state index >= 15 is 0 Å². The number of benzene rings is 2. The molecule has 0 saturated carbocycles. The van der Waals surface area contributed by atoms with E-state index in [9.17, 15) is 5.11 Å². The molecule has 4 heterocycles. The number of piperidine rings is 2. The number of hydrogen-bond acceptors (Lipinski definition) is 6. The van der Waals surface area contributed by atoms with Gasteiger partial charge in [-0.25, -0.2) is 0 Å². The van der Waals surface area contributed by atoms with Gasteiger partial charge in [-0.3, -0.25) is 9.80 Å². The number of hydrogen-bond donors (Lipinski definition) is 2. The topological polar surface area (TPSA) is 71.2 Å². The first kappa shape index (κ1) is 30.2. The number of ether oxygens (including phenoxy) is 2. The Balaban J connectivity index is 0.000000161. The number of aliphatic hydroxyl groups is 1. The molecule has 4 aliphatic rings. The zero-order valence-electron chi connectivity index (χ0n) is 23.5. The van der Waals surface area contributed by atoms with Gasteiger partial charge in [0.2, 0.25) is 0 Å². The van der Waals surface area contributed by atoms with Crippen LogP contribution in [0.25, 0.3) is 0 Å². The molecular formula is C32H45Cl2N3O3. The van der Waals surface area contributed by atoms with E-state index < -0.39 is 0 Å². The third-order valence-electron chi connectivity index (χ3n) is 9.23. The second-order valence-corrected chi connectivity index (χ2v) is 12.9. The molecule has 2 aromatic carbocycles. The molecule has 0 unspecified atom stereocenters. The van der Waals surface area contributed by atoms with Crippen molar-refractivity contribution in [3.8, 4) is 0 Å². The maximum atomic E-state index is 9.89. The first-order chi connectivity index (χ1) is 19.4. The molecule has 6 rings (SSSR count). The van der Waals surface area contributed by atoms with E-state index in [-0.39, 0.29) is 18.2 Å². The standard InChI is InChI=1S/C16H23ClN2O.C16H22ClNO2/c17-14-3-1-12(2-4-14)9-13-5-7-19(8-6-13)16-11-20-10-15(16)18;17-14-3-1-12(2-4-14)9-13-5-7-18(8-6-13)15-10-20-11-16(15)19/h1-4,13,15-16H,5-11,18H2;1-4,13,15-16,19H,5-11H2/t2*15-,16-/m11/s1. The van der Waals surface area contributed by atoms with Crippen molar-refractivity contribution in [3.05, 3.63) is 69.7 Å². The third-order valence-corrected chi connectivity index (χ3v) is 9.73. The second-order valence-electron chi connectivity index (χ2n) is 12.1. The van der Waals surface area contributed by atoms with Crippen LogP contribution in [0.2, 0.25) is 10.0 Å². The van der Waals surface area contributed by atoms with E-state index in [1.54, 1.807) is 0 Å². The molecule has 0 aliphatic carbocycles. The third kappa shape index (κ3) is 8.42. The first-order valence-corrected chi connectivity index (χ1v) is 15.8. The monoisotopic (exact) mass is 589 g/mol. The Kier molecular flexibility index (Phi) is 11.2. The van der Waals surface area contributed by atoms with Gasteiger partial charge in [0.1, 0.15) is 0 Å². The Morgan fingerprint density at radius 3 is 1.48 bits per heavy atom. The Bertz CT molecular complexity index is 941. The summed E-state index contributed by atoms with van der Waals surface area (Å²) in [5, 5.41) is 11.5. The normalized spacial score (nSPS) is 28.9. The summed E-state index contributed by atoms with van der Waals surface area (Å²) in [6.07, 6.45) is 6.91. The van der Waals surface area contributed by atoms with Crippen LogP contribution in [-0.4, -0.2) is 91.7 Å². The molecule has 3 N–H and O–H groups in total. The molecule has 0 radical (unpaired) electrons. The summed E-state index contributed by atoms with van der Waals surface area (Å²) in [5.74, 6) is 1.53. The lowest BCUT2D eigenvalue weighted by atomic mass is 9.89. The van der Waals surface area contributed by atoms with Crippen LogP contribution >= 0.6 is 23.2 Å². The lowest BCUT2D eigenvalue weighted by Crippen LogP contribution is -2.50. The predicted molar refractivity (Wildman–Crippen MR) is 162 cm³/mol. The molecule has 0 amide bonds. The fourth-order valence-corrected chi connectivity index (χ4v) is 6.95. The van der Waals surface area contributed by atoms with Crippen molar-refractivity contribution < 1.29 is 14.6 Å². The van der Waals surface area contributed by atoms with E-state index in [0.717, 1.165) is 74.1 Å². The highest BCUT2D eigenvalue weighted by Crippen LogP contribution is 2.27. The van der Waals surface area contributed by atoms with Gasteiger partial charge in [0.25, 0.3) is 0 Å². The molecule has 0 aromatic heterocycles. The van der Waals surface area contributed by atoms with Gasteiger partial charge in [0.15, 0.2) is 0 Å². The minimum Gasteiger partial charge on any atom is -0.389 e. The fourth-order valence-electron chi connectivity index (χ4n) is 6.70. The van der Waals surface area contributed by atoms with Crippen molar-refractivity contribution in [3.63, 3.8) is 0 Å². The van der Waals surface area contributed by atoms with Crippen LogP contribution in [0.4, 0.5) is 0 Å². The van der Waals surface area contributed by atoms with Gasteiger partial charge in [0, 0.05) is 16.1 Å². The minimum absolute atomic E-state index is 0.197. The van der Waals surface area contributed by atoms with Crippen LogP contribution in [0, 0.1) is 11.8 Å². The van der Waals surface area contributed by atoms with Crippen molar-refractivity contribution in [2.45, 2.75) is 62.8 Å². The van der Waals surface area contributed by atoms with Gasteiger partial charge < -0.3 is 20.3 Å². The molecule has 0 bridgehead atoms. The zero-order valence-corrected chi connectivity index (χ0v) is 25.0. The van der Waals surface area contributed by atoms with Gasteiger partial charge in [-0.15, -0.1) is 0 Å². The number of likely N-dealkylation sites (tertiary alicyclic amines) is 2. The van der Waals surface area contributed by atoms with E-state index in [0.29, 0.717) is 19.3 Å². The Hall–Kier alpha value is -1.22. The van der Waals surface area contributed by atoms with Crippen LogP contribution in [0.5, 0.6) is 0 Å². The number of rotatable bonds is 6. The van der Waals surface area contributed by atoms with E-state index in [1.165, 1.54) is 36.8 Å². The first-order valence-electron chi connectivity index (χ1n) is 15.0. The van der Waals surface area contributed by atoms with Crippen LogP contribution in [0.15, 0.2) is 48.5 Å². The largest absolute Gasteiger partial charge is 0.389 e. The molecule has 4 aliphatic heterocycles. The van der Waals surface area contributed by atoms with Gasteiger partial charge >= 0.3 is 0 Å². The van der Waals surface area contributed by atoms with Gasteiger partial charge in [0.05, 0.1) is 44.6 Å². The Morgan fingerprint density at radius 1 is 0.650 bits per heavy atom. The van der Waals surface area contributed by atoms with Crippen LogP contribution < -0.4 is 5.73 Å². The molecule has 220 valence electrons. The number of nitrogens with zero attached hydrogens (tertiary/aromatic N) is 2. The number of halogens is 2. The average Bonchev–Trinajstić information content (AvgIpc) is 3.60. The lowest BCUT2D eigenvalue weighted by Gasteiger charge is -2.36. The summed E-state index contributed by atoms with van der Waals surface area (Å²) in [7, 11) is 0. The summed E-state index contributed by atoms with van der Waals surface area (Å²) >= 11 is 11.8. The van der Waals surface area contributed by atoms with Gasteiger partial charge in [-0.05, 0) is 112 Å². The highest BCUT2D eigenvalue weighted by molar-refractivity contribution is 6.30. The van der Waals surface area contributed by atoms with Gasteiger partial charge in [-0.1, -0.05) is 47.5 Å². The molecule has 4 fully saturated rings. The molecule has 6 nitrogen and oxygen atoms in total. The molecule has 8 heteroatoms. The van der Waals surface area contributed by atoms with Crippen molar-refractivity contribution in [1.82, 2.24) is 9.80 Å². The van der Waals surface area contributed by atoms with Crippen LogP contribution in [0.1, 0.15) is 36.8 Å². The molecule has 4 atom stereocenters. The van der Waals surface area contributed by atoms with E-state index in [1.807, 2.05) is 24.3 Å². The number of aliphatic hydroxyl groups excluding tert-OH is 1. The minimum atomic E-state index is -0.303. The molecule has 0 spiro atoms. The zero-order chi connectivity index (χ0) is 27.9. The maximum Gasteiger partial charge on any atom is 0.0950 e. The Labute approximate surface area is 249 Å². The molecule has 4 saturated heterocycles. The Morgan fingerprint density at radius 2 is 1.07 bits per heavy atom. The summed E-state index contributed by atoms with van der Waals surface area (Å²) in [4.78, 5) is 4.92. The van der Waals surface area contributed by atoms with Crippen molar-refractivity contribution in [2.75, 3.05) is 52.6 Å². The highest BCUT2D eigenvalue weighted by atomic mass is 35.5. The van der Waals surface area contributed by atoms with E-state index in [4.69, 9.17) is 38.4 Å². The SMILES string of the molecule is N[C@@H]1COC[C@H]1N1CCC(Cc2ccc(Cl)cc2)CC1.O[C@@H]1COC[C@H]1N1CCC(Cc2ccc(Cl)cc2)CC1. The highest BCUT2D eigenvalue weighted by Gasteiger charge is 2.34. The molecular weight excluding hydrogens is 545 g/mol. The lowest BCUT2D eigenvalue weighted by molar-refractivity contribution is 0.0587. The number of nitrogens with two attached hydrogens (primary N) is 1. The van der Waals surface area contributed by atoms with Crippen molar-refractivity contribution in [2.24, 2.45) is 17.6 Å². The molecule has 2 aromatic rings. The van der Waals surface area contributed by atoms with Gasteiger partial charge in [-0.2, -0.15) is 0 Å². The molecule has 40 heavy (non-hydrogen) atoms. The van der Waals surface area contributed by atoms with E-state index in [2.05, 4.69) is 34.1 Å². The fraction of sp³-hybridized carbons (Fsp3) is 0.625. The predicted octanol–water partition coefficient (Wildman–Crippen LogP) is 4.67. The summed E-state index contributed by atoms with van der Waals surface area (Å²) in [6.45, 7) is 7.16. The van der Waals surface area contributed by atoms with Crippen molar-refractivity contribution in [1.29, 1.82) is 0 Å². The summed E-state index contributed by atoms with van der Waals surface area (Å²) < 4.78 is 10.8. The van der Waals surface area contributed by atoms with Crippen LogP contribution in [-0.2, 0) is 22.3 Å². The second kappa shape index (κ2) is 14.8. The summed E-state index contributed by atoms with van der Waals surface area (Å²) in [6, 6.07) is 17.3. The average molecular weight is 591 g/mol. The smallest absolute Gasteiger partial charge is 0.0950 e. The maximum absolute atomic E-state index is 9.89.